The molecule has 0 saturated carbocycles. The Labute approximate surface area is 74.3 Å². The number of rotatable bonds is 7. The average molecular weight is 174 g/mol. The Kier molecular flexibility index (Phi) is 8.46. The van der Waals surface area contributed by atoms with E-state index in [0.717, 1.165) is 25.7 Å². The highest BCUT2D eigenvalue weighted by molar-refractivity contribution is 4.79. The first-order valence-electron chi connectivity index (χ1n) is 4.71. The fourth-order valence-corrected chi connectivity index (χ4v) is 1.00. The van der Waals surface area contributed by atoms with E-state index in [0.29, 0.717) is 6.42 Å². The van der Waals surface area contributed by atoms with Crippen molar-refractivity contribution in [2.75, 3.05) is 6.61 Å². The quantitative estimate of drug-likeness (QED) is 0.465. The van der Waals surface area contributed by atoms with E-state index < -0.39 is 6.17 Å². The van der Waals surface area contributed by atoms with Gasteiger partial charge in [-0.05, 0) is 25.7 Å². The summed E-state index contributed by atoms with van der Waals surface area (Å²) in [6, 6.07) is 0. The minimum absolute atomic E-state index is 0.329. The van der Waals surface area contributed by atoms with Crippen LogP contribution in [0, 0.1) is 0 Å². The summed E-state index contributed by atoms with van der Waals surface area (Å²) in [6.45, 7) is 1.77. The van der Waals surface area contributed by atoms with E-state index in [9.17, 15) is 4.39 Å². The highest BCUT2D eigenvalue weighted by atomic mass is 19.1. The number of hydrogen-bond donors (Lipinski definition) is 1. The Morgan fingerprint density at radius 1 is 1.33 bits per heavy atom. The third-order valence-corrected chi connectivity index (χ3v) is 1.74. The molecule has 2 heteroatoms. The third-order valence-electron chi connectivity index (χ3n) is 1.74. The van der Waals surface area contributed by atoms with Gasteiger partial charge in [-0.1, -0.05) is 25.5 Å². The van der Waals surface area contributed by atoms with Gasteiger partial charge in [0.2, 0.25) is 0 Å². The van der Waals surface area contributed by atoms with E-state index >= 15 is 0 Å². The Bertz CT molecular complexity index is 112. The molecule has 0 aliphatic rings. The molecule has 0 aliphatic heterocycles. The third kappa shape index (κ3) is 7.73. The van der Waals surface area contributed by atoms with Crippen molar-refractivity contribution in [2.24, 2.45) is 0 Å². The molecule has 0 aromatic carbocycles. The first-order valence-corrected chi connectivity index (χ1v) is 4.71. The van der Waals surface area contributed by atoms with Gasteiger partial charge in [-0.25, -0.2) is 4.39 Å². The normalized spacial score (nSPS) is 13.9. The van der Waals surface area contributed by atoms with Gasteiger partial charge >= 0.3 is 0 Å². The van der Waals surface area contributed by atoms with Crippen molar-refractivity contribution in [3.8, 4) is 0 Å². The lowest BCUT2D eigenvalue weighted by Crippen LogP contribution is -2.04. The summed E-state index contributed by atoms with van der Waals surface area (Å²) in [5, 5.41) is 8.39. The maximum Gasteiger partial charge on any atom is 0.123 e. The molecule has 1 atom stereocenters. The molecule has 0 rings (SSSR count). The number of allylic oxidation sites excluding steroid dienone is 2. The van der Waals surface area contributed by atoms with E-state index in [2.05, 4.69) is 19.1 Å². The molecular formula is C10H19FO. The average Bonchev–Trinajstić information content (AvgIpc) is 2.10. The summed E-state index contributed by atoms with van der Waals surface area (Å²) in [5.74, 6) is 0. The van der Waals surface area contributed by atoms with Crippen LogP contribution in [0.2, 0.25) is 0 Å². The van der Waals surface area contributed by atoms with Gasteiger partial charge in [0.05, 0.1) is 6.61 Å². The molecule has 0 aromatic rings. The van der Waals surface area contributed by atoms with Gasteiger partial charge in [0.25, 0.3) is 0 Å². The number of hydrogen-bond acceptors (Lipinski definition) is 1. The molecule has 0 aromatic heterocycles. The Morgan fingerprint density at radius 2 is 2.08 bits per heavy atom. The highest BCUT2D eigenvalue weighted by Crippen LogP contribution is 2.06. The lowest BCUT2D eigenvalue weighted by atomic mass is 10.1. The van der Waals surface area contributed by atoms with Gasteiger partial charge < -0.3 is 5.11 Å². The van der Waals surface area contributed by atoms with Gasteiger partial charge in [-0.3, -0.25) is 0 Å². The van der Waals surface area contributed by atoms with Gasteiger partial charge in [0.15, 0.2) is 0 Å². The summed E-state index contributed by atoms with van der Waals surface area (Å²) < 4.78 is 12.4. The molecule has 0 saturated heterocycles. The fraction of sp³-hybridized carbons (Fsp3) is 0.800. The van der Waals surface area contributed by atoms with Gasteiger partial charge in [-0.2, -0.15) is 0 Å². The zero-order valence-corrected chi connectivity index (χ0v) is 7.80. The number of halogens is 1. The highest BCUT2D eigenvalue weighted by Gasteiger charge is 2.01. The van der Waals surface area contributed by atoms with Crippen LogP contribution in [-0.4, -0.2) is 17.9 Å². The van der Waals surface area contributed by atoms with Crippen molar-refractivity contribution in [2.45, 2.75) is 45.2 Å². The molecule has 0 unspecified atom stereocenters. The Morgan fingerprint density at radius 3 is 2.67 bits per heavy atom. The van der Waals surface area contributed by atoms with Crippen LogP contribution < -0.4 is 0 Å². The summed E-state index contributed by atoms with van der Waals surface area (Å²) >= 11 is 0. The molecule has 0 amide bonds. The van der Waals surface area contributed by atoms with Crippen molar-refractivity contribution in [1.29, 1.82) is 0 Å². The molecule has 1 N–H and O–H groups in total. The zero-order valence-electron chi connectivity index (χ0n) is 7.80. The lowest BCUT2D eigenvalue weighted by Gasteiger charge is -2.01. The molecular weight excluding hydrogens is 155 g/mol. The second-order valence-corrected chi connectivity index (χ2v) is 2.94. The maximum absolute atomic E-state index is 12.4. The van der Waals surface area contributed by atoms with E-state index in [1.54, 1.807) is 0 Å². The molecule has 0 spiro atoms. The molecule has 72 valence electrons. The molecule has 0 bridgehead atoms. The first kappa shape index (κ1) is 11.6. The Balaban J connectivity index is 3.05. The topological polar surface area (TPSA) is 20.2 Å². The maximum atomic E-state index is 12.4. The van der Waals surface area contributed by atoms with Crippen LogP contribution in [0.15, 0.2) is 12.2 Å². The number of aliphatic hydroxyl groups is 1. The summed E-state index contributed by atoms with van der Waals surface area (Å²) in [7, 11) is 0. The summed E-state index contributed by atoms with van der Waals surface area (Å²) in [6.07, 6.45) is 7.74. The van der Waals surface area contributed by atoms with Crippen LogP contribution in [0.25, 0.3) is 0 Å². The van der Waals surface area contributed by atoms with Crippen LogP contribution in [0.5, 0.6) is 0 Å². The van der Waals surface area contributed by atoms with Crippen LogP contribution in [0.1, 0.15) is 39.0 Å². The number of unbranched alkanes of at least 4 members (excludes halogenated alkanes) is 2. The van der Waals surface area contributed by atoms with Crippen LogP contribution in [0.3, 0.4) is 0 Å². The summed E-state index contributed by atoms with van der Waals surface area (Å²) in [5.41, 5.74) is 0. The second-order valence-electron chi connectivity index (χ2n) is 2.94. The first-order chi connectivity index (χ1) is 5.81. The second kappa shape index (κ2) is 8.72. The molecule has 0 fully saturated rings. The van der Waals surface area contributed by atoms with Gasteiger partial charge in [-0.15, -0.1) is 0 Å². The SMILES string of the molecule is CCC=CCCCC[C@@H](F)CO. The molecule has 1 nitrogen and oxygen atoms in total. The van der Waals surface area contributed by atoms with Crippen LogP contribution in [-0.2, 0) is 0 Å². The number of aliphatic hydroxyl groups excluding tert-OH is 1. The Hall–Kier alpha value is -0.370. The lowest BCUT2D eigenvalue weighted by molar-refractivity contribution is 0.167. The van der Waals surface area contributed by atoms with Gasteiger partial charge in [0, 0.05) is 0 Å². The fourth-order valence-electron chi connectivity index (χ4n) is 1.00. The van der Waals surface area contributed by atoms with Crippen molar-refractivity contribution in [1.82, 2.24) is 0 Å². The van der Waals surface area contributed by atoms with Crippen molar-refractivity contribution >= 4 is 0 Å². The predicted octanol–water partition coefficient (Wildman–Crippen LogP) is 2.84. The van der Waals surface area contributed by atoms with Crippen LogP contribution >= 0.6 is 0 Å². The molecule has 0 radical (unpaired) electrons. The molecule has 0 heterocycles. The largest absolute Gasteiger partial charge is 0.393 e. The van der Waals surface area contributed by atoms with Crippen molar-refractivity contribution < 1.29 is 9.50 Å². The van der Waals surface area contributed by atoms with E-state index in [-0.39, 0.29) is 6.61 Å². The smallest absolute Gasteiger partial charge is 0.123 e. The predicted molar refractivity (Wildman–Crippen MR) is 49.9 cm³/mol. The monoisotopic (exact) mass is 174 g/mol. The molecule has 12 heavy (non-hydrogen) atoms. The van der Waals surface area contributed by atoms with E-state index in [1.165, 1.54) is 0 Å². The van der Waals surface area contributed by atoms with Crippen molar-refractivity contribution in [3.05, 3.63) is 12.2 Å². The van der Waals surface area contributed by atoms with Crippen LogP contribution in [0.4, 0.5) is 4.39 Å². The standard InChI is InChI=1S/C10H19FO/c1-2-3-4-5-6-7-8-10(11)9-12/h3-4,10,12H,2,5-9H2,1H3/t10-/m1/s1. The minimum Gasteiger partial charge on any atom is -0.393 e. The van der Waals surface area contributed by atoms with Crippen molar-refractivity contribution in [3.63, 3.8) is 0 Å². The van der Waals surface area contributed by atoms with Gasteiger partial charge in [0.1, 0.15) is 6.17 Å². The van der Waals surface area contributed by atoms with E-state index in [4.69, 9.17) is 5.11 Å². The molecule has 0 aliphatic carbocycles. The number of alkyl halides is 1. The zero-order chi connectivity index (χ0) is 9.23. The summed E-state index contributed by atoms with van der Waals surface area (Å²) in [4.78, 5) is 0. The minimum atomic E-state index is -1.01. The van der Waals surface area contributed by atoms with E-state index in [1.807, 2.05) is 0 Å².